The van der Waals surface area contributed by atoms with E-state index in [-0.39, 0.29) is 5.78 Å². The van der Waals surface area contributed by atoms with Crippen LogP contribution < -0.4 is 0 Å². The first-order valence-corrected chi connectivity index (χ1v) is 11.0. The lowest BCUT2D eigenvalue weighted by molar-refractivity contribution is -0.113. The highest BCUT2D eigenvalue weighted by atomic mass is 32.1. The van der Waals surface area contributed by atoms with Crippen LogP contribution in [0, 0.1) is 0 Å². The third-order valence-electron chi connectivity index (χ3n) is 5.09. The molecule has 1 aromatic carbocycles. The molecule has 0 saturated heterocycles. The Hall–Kier alpha value is -2.85. The number of nitrogens with zero attached hydrogens (tertiary/aromatic N) is 2. The van der Waals surface area contributed by atoms with Crippen LogP contribution in [0.15, 0.2) is 77.3 Å². The number of hydrogen-bond donors (Lipinski definition) is 0. The van der Waals surface area contributed by atoms with E-state index in [1.54, 1.807) is 11.3 Å². The zero-order chi connectivity index (χ0) is 19.9. The Bertz CT molecular complexity index is 1020. The molecule has 0 spiro atoms. The monoisotopic (exact) mass is 400 g/mol. The number of thiophene rings is 1. The molecule has 146 valence electrons. The number of fused-ring (bicyclic) bond motifs is 1. The Morgan fingerprint density at radius 2 is 1.93 bits per heavy atom. The minimum atomic E-state index is 0.109. The molecular weight excluding hydrogens is 376 g/mol. The average molecular weight is 401 g/mol. The van der Waals surface area contributed by atoms with Crippen LogP contribution in [-0.2, 0) is 17.6 Å². The minimum Gasteiger partial charge on any atom is -0.292 e. The molecule has 4 rings (SSSR count). The van der Waals surface area contributed by atoms with Crippen molar-refractivity contribution < 1.29 is 4.79 Å². The van der Waals surface area contributed by atoms with Crippen molar-refractivity contribution >= 4 is 28.6 Å². The van der Waals surface area contributed by atoms with Crippen LogP contribution in [0.25, 0.3) is 10.4 Å². The summed E-state index contributed by atoms with van der Waals surface area (Å²) >= 11 is 1.70. The summed E-state index contributed by atoms with van der Waals surface area (Å²) in [5, 5.41) is 2.07. The predicted octanol–water partition coefficient (Wildman–Crippen LogP) is 6.37. The second-order valence-electron chi connectivity index (χ2n) is 7.26. The fraction of sp³-hybridized carbons (Fsp3) is 0.240. The van der Waals surface area contributed by atoms with E-state index in [9.17, 15) is 4.79 Å². The van der Waals surface area contributed by atoms with Gasteiger partial charge in [0.2, 0.25) is 0 Å². The van der Waals surface area contributed by atoms with Gasteiger partial charge in [-0.3, -0.25) is 4.79 Å². The molecule has 3 aromatic rings. The number of carbonyl (C=O) groups excluding carboxylic acids is 1. The van der Waals surface area contributed by atoms with Crippen LogP contribution in [0.5, 0.6) is 0 Å². The maximum Gasteiger partial charge on any atom is 0.181 e. The van der Waals surface area contributed by atoms with E-state index < -0.39 is 0 Å². The summed E-state index contributed by atoms with van der Waals surface area (Å²) in [6, 6.07) is 16.8. The third kappa shape index (κ3) is 5.15. The van der Waals surface area contributed by atoms with Crippen molar-refractivity contribution in [2.45, 2.75) is 38.5 Å². The summed E-state index contributed by atoms with van der Waals surface area (Å²) in [5.41, 5.74) is 4.07. The van der Waals surface area contributed by atoms with Gasteiger partial charge < -0.3 is 0 Å². The molecule has 29 heavy (non-hydrogen) atoms. The van der Waals surface area contributed by atoms with E-state index in [1.807, 2.05) is 30.5 Å². The summed E-state index contributed by atoms with van der Waals surface area (Å²) in [7, 11) is 0. The van der Waals surface area contributed by atoms with Crippen molar-refractivity contribution in [3.63, 3.8) is 0 Å². The molecule has 1 aliphatic heterocycles. The van der Waals surface area contributed by atoms with E-state index in [0.29, 0.717) is 18.0 Å². The molecule has 0 fully saturated rings. The van der Waals surface area contributed by atoms with Crippen molar-refractivity contribution in [1.29, 1.82) is 0 Å². The lowest BCUT2D eigenvalue weighted by Gasteiger charge is -2.05. The van der Waals surface area contributed by atoms with Gasteiger partial charge in [0.15, 0.2) is 11.6 Å². The number of benzene rings is 1. The number of Topliss-reactive ketones (excluding diaryl/α,β-unsaturated/α-hetero) is 1. The molecule has 1 aliphatic rings. The third-order valence-corrected chi connectivity index (χ3v) is 6.01. The van der Waals surface area contributed by atoms with Gasteiger partial charge in [-0.05, 0) is 54.8 Å². The van der Waals surface area contributed by atoms with Gasteiger partial charge in [-0.1, -0.05) is 48.9 Å². The Balaban J connectivity index is 1.34. The lowest BCUT2D eigenvalue weighted by Crippen LogP contribution is -2.10. The number of unbranched alkanes of at least 4 members (excludes halogenated alkanes) is 2. The van der Waals surface area contributed by atoms with Crippen LogP contribution in [-0.4, -0.2) is 16.5 Å². The smallest absolute Gasteiger partial charge is 0.181 e. The van der Waals surface area contributed by atoms with Crippen molar-refractivity contribution in [1.82, 2.24) is 4.98 Å². The van der Waals surface area contributed by atoms with Crippen molar-refractivity contribution in [2.24, 2.45) is 4.99 Å². The maximum absolute atomic E-state index is 12.6. The zero-order valence-corrected chi connectivity index (χ0v) is 17.2. The molecule has 0 saturated carbocycles. The van der Waals surface area contributed by atoms with E-state index in [0.717, 1.165) is 43.2 Å². The van der Waals surface area contributed by atoms with Gasteiger partial charge in [0, 0.05) is 28.6 Å². The molecular formula is C25H24N2OS. The molecule has 2 aromatic heterocycles. The predicted molar refractivity (Wildman–Crippen MR) is 121 cm³/mol. The van der Waals surface area contributed by atoms with E-state index in [1.165, 1.54) is 10.4 Å². The number of aryl methyl sites for hydroxylation is 1. The number of allylic oxidation sites excluding steroid dienone is 2. The second kappa shape index (κ2) is 9.57. The quantitative estimate of drug-likeness (QED) is 0.412. The van der Waals surface area contributed by atoms with Crippen LogP contribution in [0.3, 0.4) is 0 Å². The average Bonchev–Trinajstić information content (AvgIpc) is 3.20. The van der Waals surface area contributed by atoms with Gasteiger partial charge in [-0.25, -0.2) is 9.98 Å². The van der Waals surface area contributed by atoms with Gasteiger partial charge >= 0.3 is 0 Å². The first kappa shape index (κ1) is 19.5. The van der Waals surface area contributed by atoms with Gasteiger partial charge in [-0.15, -0.1) is 11.3 Å². The second-order valence-corrected chi connectivity index (χ2v) is 8.20. The number of aliphatic imine (C=N–C) groups is 1. The summed E-state index contributed by atoms with van der Waals surface area (Å²) in [4.78, 5) is 23.0. The number of rotatable bonds is 8. The highest BCUT2D eigenvalue weighted by molar-refractivity contribution is 7.13. The molecule has 0 bridgehead atoms. The first-order valence-electron chi connectivity index (χ1n) is 10.1. The number of carbonyl (C=O) groups is 1. The summed E-state index contributed by atoms with van der Waals surface area (Å²) in [5.74, 6) is 0.778. The molecule has 3 heterocycles. The molecule has 0 N–H and O–H groups in total. The van der Waals surface area contributed by atoms with Crippen LogP contribution in [0.2, 0.25) is 0 Å². The van der Waals surface area contributed by atoms with E-state index in [4.69, 9.17) is 0 Å². The Kier molecular flexibility index (Phi) is 6.42. The normalized spacial score (nSPS) is 12.9. The summed E-state index contributed by atoms with van der Waals surface area (Å²) < 4.78 is 0. The van der Waals surface area contributed by atoms with Crippen molar-refractivity contribution in [2.75, 3.05) is 0 Å². The van der Waals surface area contributed by atoms with E-state index in [2.05, 4.69) is 51.8 Å². The van der Waals surface area contributed by atoms with Gasteiger partial charge in [0.05, 0.1) is 0 Å². The molecule has 0 atom stereocenters. The zero-order valence-electron chi connectivity index (χ0n) is 16.4. The summed E-state index contributed by atoms with van der Waals surface area (Å²) in [6.07, 6.45) is 11.2. The van der Waals surface area contributed by atoms with Crippen LogP contribution in [0.4, 0.5) is 5.82 Å². The Morgan fingerprint density at radius 1 is 1.03 bits per heavy atom. The highest BCUT2D eigenvalue weighted by Gasteiger charge is 2.14. The molecule has 0 radical (unpaired) electrons. The summed E-state index contributed by atoms with van der Waals surface area (Å²) in [6.45, 7) is 0. The fourth-order valence-electron chi connectivity index (χ4n) is 3.50. The molecule has 4 heteroatoms. The molecule has 0 unspecified atom stereocenters. The Labute approximate surface area is 175 Å². The number of pyridine rings is 1. The molecule has 0 aliphatic carbocycles. The topological polar surface area (TPSA) is 42.3 Å². The first-order chi connectivity index (χ1) is 14.3. The number of ketones is 1. The number of hydrogen-bond acceptors (Lipinski definition) is 4. The van der Waals surface area contributed by atoms with Crippen LogP contribution >= 0.6 is 11.3 Å². The standard InChI is InChI=1S/C25H24N2OS/c28-23(14-6-2-5-11-19-9-3-1-4-10-19)22-13-7-12-20-17-21(18-26-25(20)27-22)24-15-8-16-29-24/h1,3-4,7-10,13,15-18H,2,5-6,11-12,14H2. The van der Waals surface area contributed by atoms with E-state index >= 15 is 0 Å². The van der Waals surface area contributed by atoms with Gasteiger partial charge in [0.25, 0.3) is 0 Å². The highest BCUT2D eigenvalue weighted by Crippen LogP contribution is 2.29. The van der Waals surface area contributed by atoms with Gasteiger partial charge in [-0.2, -0.15) is 0 Å². The van der Waals surface area contributed by atoms with Crippen molar-refractivity contribution in [3.05, 3.63) is 83.4 Å². The number of aromatic nitrogens is 1. The Morgan fingerprint density at radius 3 is 2.76 bits per heavy atom. The maximum atomic E-state index is 12.6. The van der Waals surface area contributed by atoms with Gasteiger partial charge in [0.1, 0.15) is 5.71 Å². The SMILES string of the molecule is O=C(CCCCCc1ccccc1)C1=Nc2ncc(-c3cccs3)cc2CC=C1. The largest absolute Gasteiger partial charge is 0.292 e. The molecule has 0 amide bonds. The minimum absolute atomic E-state index is 0.109. The fourth-order valence-corrected chi connectivity index (χ4v) is 4.21. The molecule has 3 nitrogen and oxygen atoms in total. The van der Waals surface area contributed by atoms with Crippen LogP contribution in [0.1, 0.15) is 36.8 Å². The lowest BCUT2D eigenvalue weighted by atomic mass is 10.0. The van der Waals surface area contributed by atoms with Crippen molar-refractivity contribution in [3.8, 4) is 10.4 Å².